The molecule has 0 amide bonds. The lowest BCUT2D eigenvalue weighted by atomic mass is 9.74. The van der Waals surface area contributed by atoms with Gasteiger partial charge in [-0.1, -0.05) is 15.9 Å². The van der Waals surface area contributed by atoms with E-state index in [1.807, 2.05) is 13.8 Å². The van der Waals surface area contributed by atoms with Gasteiger partial charge in [-0.25, -0.2) is 0 Å². The second-order valence-electron chi connectivity index (χ2n) is 5.67. The van der Waals surface area contributed by atoms with Gasteiger partial charge >= 0.3 is 0 Å². The number of carbonyl (C=O) groups excluding carboxylic acids is 2. The van der Waals surface area contributed by atoms with Crippen LogP contribution in [-0.2, 0) is 14.3 Å². The van der Waals surface area contributed by atoms with Crippen LogP contribution in [-0.4, -0.2) is 26.0 Å². The molecule has 0 aromatic rings. The molecule has 2 unspecified atom stereocenters. The lowest BCUT2D eigenvalue weighted by Gasteiger charge is -2.52. The van der Waals surface area contributed by atoms with Gasteiger partial charge in [0.25, 0.3) is 0 Å². The highest BCUT2D eigenvalue weighted by Gasteiger charge is 2.66. The van der Waals surface area contributed by atoms with Crippen LogP contribution in [0.2, 0.25) is 0 Å². The van der Waals surface area contributed by atoms with Crippen LogP contribution in [0.3, 0.4) is 0 Å². The van der Waals surface area contributed by atoms with Crippen molar-refractivity contribution in [2.75, 3.05) is 0 Å². The van der Waals surface area contributed by atoms with Crippen LogP contribution in [0, 0.1) is 0 Å². The van der Waals surface area contributed by atoms with E-state index in [2.05, 4.69) is 31.9 Å². The fraction of sp³-hybridized carbons (Fsp3) is 0.692. The second-order valence-corrected chi connectivity index (χ2v) is 8.14. The third-order valence-corrected chi connectivity index (χ3v) is 6.94. The molecule has 1 aliphatic heterocycles. The predicted octanol–water partition coefficient (Wildman–Crippen LogP) is 3.29. The average Bonchev–Trinajstić information content (AvgIpc) is 2.28. The number of hydrogen-bond donors (Lipinski definition) is 0. The van der Waals surface area contributed by atoms with Crippen LogP contribution >= 0.6 is 31.9 Å². The minimum atomic E-state index is -1.29. The number of Topliss-reactive ketones (excluding diaryl/α,β-unsaturated/α-hetero) is 2. The summed E-state index contributed by atoms with van der Waals surface area (Å²) in [5, 5.41) is 0. The first-order valence-electron chi connectivity index (χ1n) is 5.90. The van der Waals surface area contributed by atoms with E-state index in [0.717, 1.165) is 6.42 Å². The van der Waals surface area contributed by atoms with Gasteiger partial charge in [0.2, 0.25) is 10.3 Å². The summed E-state index contributed by atoms with van der Waals surface area (Å²) in [4.78, 5) is 25.0. The molecule has 1 fully saturated rings. The van der Waals surface area contributed by atoms with Gasteiger partial charge in [0.15, 0.2) is 5.78 Å². The van der Waals surface area contributed by atoms with E-state index in [0.29, 0.717) is 17.6 Å². The molecule has 2 aliphatic rings. The fourth-order valence-corrected chi connectivity index (χ4v) is 4.38. The van der Waals surface area contributed by atoms with Crippen molar-refractivity contribution in [3.63, 3.8) is 0 Å². The molecular formula is C13H16Br2O3. The molecule has 0 saturated carbocycles. The molecule has 0 spiro atoms. The molecule has 3 nitrogen and oxygen atoms in total. The summed E-state index contributed by atoms with van der Waals surface area (Å²) in [5.74, 6) is -0.226. The fourth-order valence-electron chi connectivity index (χ4n) is 2.51. The number of hydrogen-bond acceptors (Lipinski definition) is 3. The number of allylic oxidation sites excluding steroid dienone is 1. The maximum atomic E-state index is 12.5. The number of fused-ring (bicyclic) bond motifs is 1. The molecule has 0 aromatic carbocycles. The van der Waals surface area contributed by atoms with Gasteiger partial charge in [-0.05, 0) is 56.5 Å². The Morgan fingerprint density at radius 1 is 1.00 bits per heavy atom. The molecule has 1 aliphatic carbocycles. The Bertz CT molecular complexity index is 481. The Morgan fingerprint density at radius 2 is 1.50 bits per heavy atom. The molecule has 2 atom stereocenters. The minimum absolute atomic E-state index is 0.0630. The van der Waals surface area contributed by atoms with E-state index in [1.165, 1.54) is 0 Å². The quantitative estimate of drug-likeness (QED) is 0.606. The molecule has 0 radical (unpaired) electrons. The second kappa shape index (κ2) is 4.00. The highest BCUT2D eigenvalue weighted by Crippen LogP contribution is 2.55. The van der Waals surface area contributed by atoms with Gasteiger partial charge in [-0.15, -0.1) is 0 Å². The van der Waals surface area contributed by atoms with Crippen LogP contribution in [0.15, 0.2) is 11.1 Å². The smallest absolute Gasteiger partial charge is 0.208 e. The Morgan fingerprint density at radius 3 is 2.06 bits per heavy atom. The first kappa shape index (κ1) is 14.4. The van der Waals surface area contributed by atoms with Crippen molar-refractivity contribution in [2.24, 2.45) is 0 Å². The summed E-state index contributed by atoms with van der Waals surface area (Å²) in [6, 6.07) is 0. The summed E-state index contributed by atoms with van der Waals surface area (Å²) >= 11 is 6.88. The molecule has 2 rings (SSSR count). The van der Waals surface area contributed by atoms with Crippen molar-refractivity contribution in [3.8, 4) is 0 Å². The molecule has 5 heteroatoms. The van der Waals surface area contributed by atoms with E-state index in [4.69, 9.17) is 4.74 Å². The third-order valence-electron chi connectivity index (χ3n) is 3.89. The molecule has 100 valence electrons. The average molecular weight is 380 g/mol. The molecular weight excluding hydrogens is 364 g/mol. The number of ether oxygens (including phenoxy) is 1. The standard InChI is InChI=1S/C13H16Br2O3/c1-7-8(2)10(17)13(15)12(14,9(7)16)6-5-11(3,4)18-13/h5-6H2,1-4H3. The van der Waals surface area contributed by atoms with E-state index in [9.17, 15) is 9.59 Å². The molecule has 1 heterocycles. The van der Waals surface area contributed by atoms with E-state index < -0.39 is 14.4 Å². The number of ketones is 2. The van der Waals surface area contributed by atoms with Crippen LogP contribution < -0.4 is 0 Å². The summed E-state index contributed by atoms with van der Waals surface area (Å²) in [6.07, 6.45) is 1.29. The van der Waals surface area contributed by atoms with E-state index >= 15 is 0 Å². The van der Waals surface area contributed by atoms with Crippen molar-refractivity contribution in [3.05, 3.63) is 11.1 Å². The summed E-state index contributed by atoms with van der Waals surface area (Å²) < 4.78 is 3.66. The zero-order valence-electron chi connectivity index (χ0n) is 10.9. The van der Waals surface area contributed by atoms with Crippen LogP contribution in [0.5, 0.6) is 0 Å². The predicted molar refractivity (Wildman–Crippen MR) is 76.1 cm³/mol. The highest BCUT2D eigenvalue weighted by molar-refractivity contribution is 9.13. The number of rotatable bonds is 0. The Balaban J connectivity index is 2.63. The monoisotopic (exact) mass is 378 g/mol. The van der Waals surface area contributed by atoms with E-state index in [-0.39, 0.29) is 11.6 Å². The molecule has 1 saturated heterocycles. The van der Waals surface area contributed by atoms with Gasteiger partial charge in [-0.2, -0.15) is 0 Å². The molecule has 0 N–H and O–H groups in total. The Hall–Kier alpha value is -0.000000000000000167. The number of halogens is 2. The topological polar surface area (TPSA) is 43.4 Å². The maximum Gasteiger partial charge on any atom is 0.208 e. The normalized spacial score (nSPS) is 39.9. The minimum Gasteiger partial charge on any atom is -0.348 e. The molecule has 0 aromatic heterocycles. The summed E-state index contributed by atoms with van der Waals surface area (Å²) in [7, 11) is 0. The van der Waals surface area contributed by atoms with Gasteiger partial charge in [0.05, 0.1) is 5.60 Å². The Kier molecular flexibility index (Phi) is 3.20. The molecule has 18 heavy (non-hydrogen) atoms. The lowest BCUT2D eigenvalue weighted by Crippen LogP contribution is -2.66. The molecule has 0 bridgehead atoms. The van der Waals surface area contributed by atoms with Gasteiger partial charge in [0, 0.05) is 11.1 Å². The lowest BCUT2D eigenvalue weighted by molar-refractivity contribution is -0.167. The van der Waals surface area contributed by atoms with Gasteiger partial charge < -0.3 is 4.74 Å². The zero-order valence-corrected chi connectivity index (χ0v) is 14.1. The SMILES string of the molecule is CC1=C(C)C(=O)C2(Br)OC(C)(C)CCC2(Br)C1=O. The van der Waals surface area contributed by atoms with Crippen molar-refractivity contribution in [1.82, 2.24) is 0 Å². The van der Waals surface area contributed by atoms with Crippen LogP contribution in [0.1, 0.15) is 40.5 Å². The third kappa shape index (κ3) is 1.70. The van der Waals surface area contributed by atoms with Gasteiger partial charge in [-0.3, -0.25) is 9.59 Å². The number of carbonyl (C=O) groups is 2. The maximum absolute atomic E-state index is 12.5. The summed E-state index contributed by atoms with van der Waals surface area (Å²) in [5.41, 5.74) is 0.572. The van der Waals surface area contributed by atoms with Crippen LogP contribution in [0.4, 0.5) is 0 Å². The zero-order chi connectivity index (χ0) is 13.9. The van der Waals surface area contributed by atoms with Crippen molar-refractivity contribution in [2.45, 2.75) is 55.0 Å². The van der Waals surface area contributed by atoms with Gasteiger partial charge in [0.1, 0.15) is 4.32 Å². The van der Waals surface area contributed by atoms with Crippen LogP contribution in [0.25, 0.3) is 0 Å². The Labute approximate surface area is 124 Å². The number of alkyl halides is 2. The van der Waals surface area contributed by atoms with Crippen molar-refractivity contribution in [1.29, 1.82) is 0 Å². The van der Waals surface area contributed by atoms with Crippen molar-refractivity contribution < 1.29 is 14.3 Å². The summed E-state index contributed by atoms with van der Waals surface area (Å²) in [6.45, 7) is 7.24. The van der Waals surface area contributed by atoms with Crippen molar-refractivity contribution >= 4 is 43.4 Å². The highest BCUT2D eigenvalue weighted by atomic mass is 79.9. The first-order valence-corrected chi connectivity index (χ1v) is 7.49. The van der Waals surface area contributed by atoms with E-state index in [1.54, 1.807) is 13.8 Å². The first-order chi connectivity index (χ1) is 8.05. The largest absolute Gasteiger partial charge is 0.348 e.